The molecule has 0 saturated carbocycles. The molecule has 0 saturated heterocycles. The number of hydrogen-bond donors (Lipinski definition) is 0. The van der Waals surface area contributed by atoms with Crippen LogP contribution in [-0.4, -0.2) is 0 Å². The van der Waals surface area contributed by atoms with Crippen LogP contribution < -0.4 is 0 Å². The molecular formula is C19H42. The van der Waals surface area contributed by atoms with Crippen LogP contribution in [0.5, 0.6) is 0 Å². The van der Waals surface area contributed by atoms with E-state index in [2.05, 4.69) is 41.5 Å². The lowest BCUT2D eigenvalue weighted by Crippen LogP contribution is -1.93. The molecule has 0 fully saturated rings. The highest BCUT2D eigenvalue weighted by atomic mass is 14.0. The van der Waals surface area contributed by atoms with Crippen molar-refractivity contribution in [2.75, 3.05) is 0 Å². The normalized spacial score (nSPS) is 12.2. The maximum Gasteiger partial charge on any atom is -0.0443 e. The molecule has 0 aliphatic rings. The van der Waals surface area contributed by atoms with Gasteiger partial charge in [0.25, 0.3) is 0 Å². The smallest absolute Gasteiger partial charge is 0.0443 e. The van der Waals surface area contributed by atoms with Crippen molar-refractivity contribution in [1.29, 1.82) is 0 Å². The minimum Gasteiger partial charge on any atom is -0.0654 e. The summed E-state index contributed by atoms with van der Waals surface area (Å²) in [5.74, 6) is 1.94. The van der Waals surface area contributed by atoms with Crippen molar-refractivity contribution in [2.24, 2.45) is 11.8 Å². The van der Waals surface area contributed by atoms with E-state index in [1.54, 1.807) is 0 Å². The zero-order chi connectivity index (χ0) is 14.9. The van der Waals surface area contributed by atoms with E-state index in [0.717, 1.165) is 11.8 Å². The molecule has 1 unspecified atom stereocenters. The van der Waals surface area contributed by atoms with E-state index in [-0.39, 0.29) is 0 Å². The largest absolute Gasteiger partial charge is 0.0654 e. The van der Waals surface area contributed by atoms with Gasteiger partial charge in [-0.3, -0.25) is 0 Å². The molecule has 0 aromatic carbocycles. The number of rotatable bonds is 11. The average Bonchev–Trinajstić information content (AvgIpc) is 2.41. The quantitative estimate of drug-likeness (QED) is 0.362. The Kier molecular flexibility index (Phi) is 20.2. The molecule has 0 heteroatoms. The molecule has 0 radical (unpaired) electrons. The Labute approximate surface area is 124 Å². The summed E-state index contributed by atoms with van der Waals surface area (Å²) >= 11 is 0. The molecule has 0 aromatic heterocycles. The summed E-state index contributed by atoms with van der Waals surface area (Å²) in [7, 11) is 0. The predicted octanol–water partition coefficient (Wildman–Crippen LogP) is 7.62. The van der Waals surface area contributed by atoms with Crippen LogP contribution in [0.1, 0.15) is 112 Å². The molecule has 0 bridgehead atoms. The van der Waals surface area contributed by atoms with Crippen molar-refractivity contribution in [2.45, 2.75) is 112 Å². The van der Waals surface area contributed by atoms with Gasteiger partial charge < -0.3 is 0 Å². The molecule has 0 aliphatic heterocycles. The Morgan fingerprint density at radius 2 is 0.789 bits per heavy atom. The Morgan fingerprint density at radius 3 is 1.05 bits per heavy atom. The Morgan fingerprint density at radius 1 is 0.474 bits per heavy atom. The van der Waals surface area contributed by atoms with E-state index in [0.29, 0.717) is 0 Å². The van der Waals surface area contributed by atoms with Gasteiger partial charge in [-0.15, -0.1) is 0 Å². The van der Waals surface area contributed by atoms with Crippen molar-refractivity contribution >= 4 is 0 Å². The van der Waals surface area contributed by atoms with Crippen LogP contribution in [0, 0.1) is 11.8 Å². The van der Waals surface area contributed by atoms with Crippen LogP contribution >= 0.6 is 0 Å². The monoisotopic (exact) mass is 270 g/mol. The third-order valence-corrected chi connectivity index (χ3v) is 3.93. The van der Waals surface area contributed by atoms with E-state index in [1.807, 2.05) is 0 Å². The Hall–Kier alpha value is 0. The lowest BCUT2D eigenvalue weighted by Gasteiger charge is -2.08. The third kappa shape index (κ3) is 20.5. The first-order valence-corrected chi connectivity index (χ1v) is 9.12. The first-order valence-electron chi connectivity index (χ1n) is 9.12. The van der Waals surface area contributed by atoms with Gasteiger partial charge in [-0.25, -0.2) is 0 Å². The second-order valence-corrected chi connectivity index (χ2v) is 6.43. The molecule has 1 atom stereocenters. The van der Waals surface area contributed by atoms with E-state index in [1.165, 1.54) is 70.6 Å². The first kappa shape index (κ1) is 21.3. The van der Waals surface area contributed by atoms with Gasteiger partial charge in [0.1, 0.15) is 0 Å². The van der Waals surface area contributed by atoms with Gasteiger partial charge in [0.05, 0.1) is 0 Å². The summed E-state index contributed by atoms with van der Waals surface area (Å²) in [6, 6.07) is 0. The summed E-state index contributed by atoms with van der Waals surface area (Å²) in [5, 5.41) is 0. The van der Waals surface area contributed by atoms with Crippen LogP contribution in [0.2, 0.25) is 0 Å². The molecule has 0 amide bonds. The first-order chi connectivity index (χ1) is 9.12. The summed E-state index contributed by atoms with van der Waals surface area (Å²) < 4.78 is 0. The van der Waals surface area contributed by atoms with Crippen molar-refractivity contribution in [1.82, 2.24) is 0 Å². The molecule has 0 spiro atoms. The van der Waals surface area contributed by atoms with E-state index in [4.69, 9.17) is 0 Å². The van der Waals surface area contributed by atoms with Crippen molar-refractivity contribution in [3.8, 4) is 0 Å². The van der Waals surface area contributed by atoms with Gasteiger partial charge in [-0.05, 0) is 11.8 Å². The summed E-state index contributed by atoms with van der Waals surface area (Å²) in [5.41, 5.74) is 0. The molecule has 0 N–H and O–H groups in total. The lowest BCUT2D eigenvalue weighted by molar-refractivity contribution is 0.454. The Bertz CT molecular complexity index is 131. The molecule has 0 aromatic rings. The Balaban J connectivity index is 0. The number of hydrogen-bond acceptors (Lipinski definition) is 0. The van der Waals surface area contributed by atoms with Crippen LogP contribution in [0.25, 0.3) is 0 Å². The van der Waals surface area contributed by atoms with Crippen molar-refractivity contribution in [3.63, 3.8) is 0 Å². The highest BCUT2D eigenvalue weighted by Crippen LogP contribution is 2.14. The molecule has 118 valence electrons. The minimum absolute atomic E-state index is 0.968. The maximum atomic E-state index is 2.38. The van der Waals surface area contributed by atoms with Gasteiger partial charge in [0, 0.05) is 0 Å². The zero-order valence-electron chi connectivity index (χ0n) is 14.9. The van der Waals surface area contributed by atoms with Crippen LogP contribution in [0.4, 0.5) is 0 Å². The van der Waals surface area contributed by atoms with Crippen molar-refractivity contribution < 1.29 is 0 Å². The fourth-order valence-corrected chi connectivity index (χ4v) is 2.44. The molecule has 0 aliphatic carbocycles. The van der Waals surface area contributed by atoms with Crippen LogP contribution in [0.3, 0.4) is 0 Å². The van der Waals surface area contributed by atoms with Gasteiger partial charge >= 0.3 is 0 Å². The standard InChI is InChI=1S/C10H22.C9H20/c1-4-6-8-10(3)9-7-5-2;1-4-6-8-9(3)7-5-2/h10H,4-9H2,1-3H3;9H,4-8H2,1-3H3. The predicted molar refractivity (Wildman–Crippen MR) is 91.8 cm³/mol. The van der Waals surface area contributed by atoms with Gasteiger partial charge in [0.15, 0.2) is 0 Å². The van der Waals surface area contributed by atoms with Crippen LogP contribution in [0.15, 0.2) is 0 Å². The molecule has 19 heavy (non-hydrogen) atoms. The minimum atomic E-state index is 0.968. The fourth-order valence-electron chi connectivity index (χ4n) is 2.44. The zero-order valence-corrected chi connectivity index (χ0v) is 14.9. The second kappa shape index (κ2) is 18.0. The summed E-state index contributed by atoms with van der Waals surface area (Å²) in [6.07, 6.45) is 15.4. The van der Waals surface area contributed by atoms with Crippen molar-refractivity contribution in [3.05, 3.63) is 0 Å². The van der Waals surface area contributed by atoms with E-state index < -0.39 is 0 Å². The highest BCUT2D eigenvalue weighted by Gasteiger charge is 1.99. The molecule has 0 heterocycles. The third-order valence-electron chi connectivity index (χ3n) is 3.93. The topological polar surface area (TPSA) is 0 Å². The maximum absolute atomic E-state index is 2.38. The van der Waals surface area contributed by atoms with Gasteiger partial charge in [0.2, 0.25) is 0 Å². The van der Waals surface area contributed by atoms with E-state index >= 15 is 0 Å². The highest BCUT2D eigenvalue weighted by molar-refractivity contribution is 4.52. The SMILES string of the molecule is CCCCC(C)CCC.CCCCC(C)CCCC. The molecule has 0 rings (SSSR count). The van der Waals surface area contributed by atoms with E-state index in [9.17, 15) is 0 Å². The fraction of sp³-hybridized carbons (Fsp3) is 1.00. The molecular weight excluding hydrogens is 228 g/mol. The number of unbranched alkanes of at least 4 members (excludes halogenated alkanes) is 3. The summed E-state index contributed by atoms with van der Waals surface area (Å²) in [6.45, 7) is 13.8. The average molecular weight is 271 g/mol. The van der Waals surface area contributed by atoms with Gasteiger partial charge in [-0.2, -0.15) is 0 Å². The summed E-state index contributed by atoms with van der Waals surface area (Å²) in [4.78, 5) is 0. The molecule has 0 nitrogen and oxygen atoms in total. The lowest BCUT2D eigenvalue weighted by atomic mass is 9.98. The second-order valence-electron chi connectivity index (χ2n) is 6.43. The van der Waals surface area contributed by atoms with Crippen LogP contribution in [-0.2, 0) is 0 Å². The van der Waals surface area contributed by atoms with Gasteiger partial charge in [-0.1, -0.05) is 112 Å².